The third kappa shape index (κ3) is 5.95. The molecule has 1 aliphatic heterocycles. The van der Waals surface area contributed by atoms with Crippen molar-refractivity contribution in [2.24, 2.45) is 0 Å². The van der Waals surface area contributed by atoms with Gasteiger partial charge in [-0.2, -0.15) is 0 Å². The van der Waals surface area contributed by atoms with Crippen LogP contribution >= 0.6 is 0 Å². The van der Waals surface area contributed by atoms with Gasteiger partial charge < -0.3 is 29.6 Å². The maximum atomic E-state index is 13.3. The van der Waals surface area contributed by atoms with Gasteiger partial charge in [0.05, 0.1) is 24.3 Å². The fraction of sp³-hybridized carbons (Fsp3) is 0.333. The van der Waals surface area contributed by atoms with Crippen LogP contribution in [0.5, 0.6) is 11.5 Å². The molecule has 0 aromatic heterocycles. The minimum absolute atomic E-state index is 0.169. The minimum atomic E-state index is -0.859. The van der Waals surface area contributed by atoms with E-state index >= 15 is 0 Å². The summed E-state index contributed by atoms with van der Waals surface area (Å²) in [5.41, 5.74) is 2.47. The van der Waals surface area contributed by atoms with Crippen molar-refractivity contribution in [3.63, 3.8) is 0 Å². The average Bonchev–Trinajstić information content (AvgIpc) is 3.68. The van der Waals surface area contributed by atoms with Gasteiger partial charge in [-0.1, -0.05) is 36.4 Å². The van der Waals surface area contributed by atoms with Crippen LogP contribution in [-0.4, -0.2) is 38.4 Å². The van der Waals surface area contributed by atoms with Gasteiger partial charge in [0, 0.05) is 17.3 Å². The summed E-state index contributed by atoms with van der Waals surface area (Å²) in [5.74, 6) is 0.746. The fourth-order valence-electron chi connectivity index (χ4n) is 4.01. The molecule has 0 radical (unpaired) electrons. The van der Waals surface area contributed by atoms with Gasteiger partial charge in [0.25, 0.3) is 0 Å². The van der Waals surface area contributed by atoms with E-state index in [4.69, 9.17) is 18.9 Å². The Morgan fingerprint density at radius 3 is 2.34 bits per heavy atom. The summed E-state index contributed by atoms with van der Waals surface area (Å²) in [6.07, 6.45) is 1.05. The molecule has 0 bridgehead atoms. The van der Waals surface area contributed by atoms with Crippen molar-refractivity contribution in [1.29, 1.82) is 0 Å². The third-order valence-corrected chi connectivity index (χ3v) is 5.80. The number of dihydropyridines is 1. The van der Waals surface area contributed by atoms with Crippen LogP contribution in [0.1, 0.15) is 38.2 Å². The lowest BCUT2D eigenvalue weighted by Gasteiger charge is -2.31. The van der Waals surface area contributed by atoms with Crippen molar-refractivity contribution in [2.75, 3.05) is 20.3 Å². The van der Waals surface area contributed by atoms with E-state index in [2.05, 4.69) is 10.6 Å². The molecule has 35 heavy (non-hydrogen) atoms. The van der Waals surface area contributed by atoms with Gasteiger partial charge in [-0.3, -0.25) is 4.79 Å². The Bertz CT molecular complexity index is 1140. The molecule has 1 unspecified atom stereocenters. The highest BCUT2D eigenvalue weighted by Gasteiger charge is 2.38. The molecule has 1 amide bonds. The largest absolute Gasteiger partial charge is 0.513 e. The highest BCUT2D eigenvalue weighted by atomic mass is 16.7. The number of hydrogen-bond donors (Lipinski definition) is 2. The average molecular weight is 479 g/mol. The molecule has 0 spiro atoms. The van der Waals surface area contributed by atoms with Crippen LogP contribution in [0, 0.1) is 0 Å². The molecule has 1 saturated carbocycles. The Morgan fingerprint density at radius 2 is 1.63 bits per heavy atom. The van der Waals surface area contributed by atoms with Gasteiger partial charge in [0.2, 0.25) is 5.91 Å². The first kappa shape index (κ1) is 24.2. The van der Waals surface area contributed by atoms with Crippen molar-refractivity contribution >= 4 is 12.1 Å². The van der Waals surface area contributed by atoms with Gasteiger partial charge in [-0.25, -0.2) is 4.79 Å². The topological polar surface area (TPSA) is 95.1 Å². The van der Waals surface area contributed by atoms with Crippen LogP contribution < -0.4 is 20.1 Å². The second kappa shape index (κ2) is 11.0. The smallest absolute Gasteiger partial charge is 0.490 e. The molecule has 1 atom stereocenters. The lowest BCUT2D eigenvalue weighted by atomic mass is 9.84. The van der Waals surface area contributed by atoms with Gasteiger partial charge in [-0.05, 0) is 44.9 Å². The molecule has 0 saturated heterocycles. The second-order valence-corrected chi connectivity index (χ2v) is 8.44. The summed E-state index contributed by atoms with van der Waals surface area (Å²) in [6, 6.07) is 17.1. The molecule has 2 aromatic rings. The quantitative estimate of drug-likeness (QED) is 0.407. The summed E-state index contributed by atoms with van der Waals surface area (Å²) in [5, 5.41) is 6.23. The van der Waals surface area contributed by atoms with Crippen molar-refractivity contribution in [2.45, 2.75) is 38.6 Å². The Morgan fingerprint density at radius 1 is 0.943 bits per heavy atom. The fourth-order valence-corrected chi connectivity index (χ4v) is 4.01. The second-order valence-electron chi connectivity index (χ2n) is 8.44. The van der Waals surface area contributed by atoms with Crippen LogP contribution in [0.3, 0.4) is 0 Å². The first-order valence-electron chi connectivity index (χ1n) is 11.6. The first-order chi connectivity index (χ1) is 17.0. The van der Waals surface area contributed by atoms with Crippen LogP contribution in [0.15, 0.2) is 77.3 Å². The number of carbonyl (C=O) groups excluding carboxylic acids is 2. The van der Waals surface area contributed by atoms with Crippen LogP contribution in [0.4, 0.5) is 4.79 Å². The number of methoxy groups -OCH3 is 1. The lowest BCUT2D eigenvalue weighted by Crippen LogP contribution is -2.36. The molecule has 8 heteroatoms. The van der Waals surface area contributed by atoms with E-state index in [0.717, 1.165) is 18.6 Å². The molecule has 2 N–H and O–H groups in total. The van der Waals surface area contributed by atoms with E-state index in [0.29, 0.717) is 47.3 Å². The summed E-state index contributed by atoms with van der Waals surface area (Å²) < 4.78 is 22.1. The van der Waals surface area contributed by atoms with Crippen LogP contribution in [0.2, 0.25) is 0 Å². The summed E-state index contributed by atoms with van der Waals surface area (Å²) in [6.45, 7) is 4.26. The van der Waals surface area contributed by atoms with Gasteiger partial charge in [-0.15, -0.1) is 0 Å². The van der Waals surface area contributed by atoms with Crippen molar-refractivity contribution < 1.29 is 28.5 Å². The standard InChI is InChI=1S/C27H30N2O6/c1-17-23(26(30)29-19-13-14-19)24(25(18(2)28-17)35-27(31)32-3)21-11-7-8-12-22(21)34-16-15-33-20-9-5-4-6-10-20/h4-12,19,24,28H,13-16H2,1-3H3,(H,29,30). The number of ether oxygens (including phenoxy) is 4. The number of rotatable bonds is 9. The molecular weight excluding hydrogens is 448 g/mol. The SMILES string of the molecule is COC(=O)OC1=C(C)NC(C)=C(C(=O)NC2CC2)C1c1ccccc1OCCOc1ccccc1. The summed E-state index contributed by atoms with van der Waals surface area (Å²) >= 11 is 0. The van der Waals surface area contributed by atoms with Gasteiger partial charge >= 0.3 is 6.16 Å². The van der Waals surface area contributed by atoms with Crippen molar-refractivity contribution in [3.8, 4) is 11.5 Å². The Labute approximate surface area is 204 Å². The van der Waals surface area contributed by atoms with Gasteiger partial charge in [0.1, 0.15) is 30.5 Å². The normalized spacial score (nSPS) is 17.4. The highest BCUT2D eigenvalue weighted by molar-refractivity contribution is 5.97. The number of nitrogens with one attached hydrogen (secondary N) is 2. The molecule has 2 aliphatic rings. The number of carbonyl (C=O) groups is 2. The molecule has 1 heterocycles. The predicted octanol–water partition coefficient (Wildman–Crippen LogP) is 4.40. The zero-order valence-electron chi connectivity index (χ0n) is 20.1. The lowest BCUT2D eigenvalue weighted by molar-refractivity contribution is -0.118. The molecular formula is C27H30N2O6. The predicted molar refractivity (Wildman–Crippen MR) is 130 cm³/mol. The molecule has 4 rings (SSSR count). The third-order valence-electron chi connectivity index (χ3n) is 5.80. The van der Waals surface area contributed by atoms with Gasteiger partial charge in [0.15, 0.2) is 0 Å². The van der Waals surface area contributed by atoms with Crippen LogP contribution in [-0.2, 0) is 14.3 Å². The maximum absolute atomic E-state index is 13.3. The van der Waals surface area contributed by atoms with Crippen LogP contribution in [0.25, 0.3) is 0 Å². The van der Waals surface area contributed by atoms with E-state index in [1.165, 1.54) is 7.11 Å². The van der Waals surface area contributed by atoms with Crippen molar-refractivity contribution in [1.82, 2.24) is 10.6 Å². The zero-order chi connectivity index (χ0) is 24.8. The minimum Gasteiger partial charge on any atom is -0.490 e. The van der Waals surface area contributed by atoms with E-state index in [1.807, 2.05) is 61.5 Å². The molecule has 1 aliphatic carbocycles. The monoisotopic (exact) mass is 478 g/mol. The van der Waals surface area contributed by atoms with E-state index in [-0.39, 0.29) is 11.9 Å². The van der Waals surface area contributed by atoms with E-state index in [9.17, 15) is 9.59 Å². The number of hydrogen-bond acceptors (Lipinski definition) is 7. The molecule has 8 nitrogen and oxygen atoms in total. The Balaban J connectivity index is 1.62. The number of para-hydroxylation sites is 2. The Kier molecular flexibility index (Phi) is 7.60. The molecule has 1 fully saturated rings. The summed E-state index contributed by atoms with van der Waals surface area (Å²) in [7, 11) is 1.25. The Hall–Kier alpha value is -3.94. The zero-order valence-corrected chi connectivity index (χ0v) is 20.1. The summed E-state index contributed by atoms with van der Waals surface area (Å²) in [4.78, 5) is 25.4. The molecule has 2 aromatic carbocycles. The van der Waals surface area contributed by atoms with E-state index < -0.39 is 12.1 Å². The number of allylic oxidation sites excluding steroid dienone is 3. The van der Waals surface area contributed by atoms with E-state index in [1.54, 1.807) is 6.92 Å². The first-order valence-corrected chi connectivity index (χ1v) is 11.6. The maximum Gasteiger partial charge on any atom is 0.513 e. The highest BCUT2D eigenvalue weighted by Crippen LogP contribution is 2.42. The number of benzene rings is 2. The molecule has 184 valence electrons. The van der Waals surface area contributed by atoms with Crippen molar-refractivity contribution in [3.05, 3.63) is 82.9 Å². The number of amides is 1.